The molecule has 0 aliphatic rings. The van der Waals surface area contributed by atoms with Gasteiger partial charge in [-0.15, -0.1) is 0 Å². The van der Waals surface area contributed by atoms with Crippen molar-refractivity contribution in [3.05, 3.63) is 63.9 Å². The predicted molar refractivity (Wildman–Crippen MR) is 67.2 cm³/mol. The van der Waals surface area contributed by atoms with Gasteiger partial charge in [0.1, 0.15) is 12.4 Å². The summed E-state index contributed by atoms with van der Waals surface area (Å²) in [6.07, 6.45) is 0. The van der Waals surface area contributed by atoms with Gasteiger partial charge in [-0.3, -0.25) is 0 Å². The zero-order valence-corrected chi connectivity index (χ0v) is 10.3. The fraction of sp³-hybridized carbons (Fsp3) is 0.0769. The largest absolute Gasteiger partial charge is 0.486 e. The molecule has 2 aromatic carbocycles. The van der Waals surface area contributed by atoms with E-state index >= 15 is 0 Å². The van der Waals surface area contributed by atoms with Crippen LogP contribution < -0.4 is 4.74 Å². The summed E-state index contributed by atoms with van der Waals surface area (Å²) in [5.74, 6) is -0.175. The van der Waals surface area contributed by atoms with Gasteiger partial charge in [-0.25, -0.2) is 4.39 Å². The summed E-state index contributed by atoms with van der Waals surface area (Å²) in [6, 6.07) is 11.9. The molecule has 0 aromatic heterocycles. The third kappa shape index (κ3) is 3.11. The molecule has 88 valence electrons. The van der Waals surface area contributed by atoms with Gasteiger partial charge in [0.15, 0.2) is 5.75 Å². The Morgan fingerprint density at radius 2 is 1.59 bits per heavy atom. The fourth-order valence-corrected chi connectivity index (χ4v) is 1.97. The third-order valence-corrected chi connectivity index (χ3v) is 2.75. The van der Waals surface area contributed by atoms with E-state index in [1.54, 1.807) is 0 Å². The zero-order chi connectivity index (χ0) is 12.3. The van der Waals surface area contributed by atoms with Crippen LogP contribution in [-0.4, -0.2) is 0 Å². The minimum absolute atomic E-state index is 0.172. The molecule has 0 unspecified atom stereocenters. The first kappa shape index (κ1) is 12.2. The Labute approximate surface area is 109 Å². The van der Waals surface area contributed by atoms with E-state index in [0.717, 1.165) is 5.56 Å². The van der Waals surface area contributed by atoms with Crippen LogP contribution in [0.5, 0.6) is 5.75 Å². The first-order valence-corrected chi connectivity index (χ1v) is 5.73. The topological polar surface area (TPSA) is 9.23 Å². The number of ether oxygens (including phenoxy) is 1. The number of rotatable bonds is 3. The first-order chi connectivity index (χ1) is 8.16. The van der Waals surface area contributed by atoms with E-state index in [0.29, 0.717) is 12.4 Å². The highest BCUT2D eigenvalue weighted by Gasteiger charge is 2.09. The minimum Gasteiger partial charge on any atom is -0.486 e. The quantitative estimate of drug-likeness (QED) is 0.785. The molecule has 0 aliphatic carbocycles. The predicted octanol–water partition coefficient (Wildman–Crippen LogP) is 4.71. The third-order valence-electron chi connectivity index (χ3n) is 2.19. The van der Waals surface area contributed by atoms with Crippen molar-refractivity contribution in [1.29, 1.82) is 0 Å². The van der Waals surface area contributed by atoms with Crippen LogP contribution in [0.2, 0.25) is 10.0 Å². The van der Waals surface area contributed by atoms with Crippen molar-refractivity contribution in [2.45, 2.75) is 6.61 Å². The highest BCUT2D eigenvalue weighted by atomic mass is 35.5. The Morgan fingerprint density at radius 3 is 2.18 bits per heavy atom. The molecular formula is C13H9Cl2FO. The zero-order valence-electron chi connectivity index (χ0n) is 8.79. The van der Waals surface area contributed by atoms with Crippen molar-refractivity contribution < 1.29 is 9.13 Å². The number of hydrogen-bond acceptors (Lipinski definition) is 1. The summed E-state index contributed by atoms with van der Waals surface area (Å²) in [6.45, 7) is 0.339. The highest BCUT2D eigenvalue weighted by molar-refractivity contribution is 6.37. The van der Waals surface area contributed by atoms with Gasteiger partial charge in [0.2, 0.25) is 0 Å². The van der Waals surface area contributed by atoms with Gasteiger partial charge in [-0.05, 0) is 17.7 Å². The molecule has 0 N–H and O–H groups in total. The molecule has 0 radical (unpaired) electrons. The van der Waals surface area contributed by atoms with Gasteiger partial charge in [0.05, 0.1) is 10.0 Å². The molecular weight excluding hydrogens is 262 g/mol. The normalized spacial score (nSPS) is 10.3. The van der Waals surface area contributed by atoms with Crippen LogP contribution in [0.25, 0.3) is 0 Å². The van der Waals surface area contributed by atoms with E-state index in [2.05, 4.69) is 0 Å². The van der Waals surface area contributed by atoms with Crippen LogP contribution in [-0.2, 0) is 6.61 Å². The number of benzene rings is 2. The van der Waals surface area contributed by atoms with Crippen LogP contribution in [0.4, 0.5) is 4.39 Å². The molecule has 2 rings (SSSR count). The second-order valence-corrected chi connectivity index (χ2v) is 4.29. The van der Waals surface area contributed by atoms with Crippen molar-refractivity contribution in [2.24, 2.45) is 0 Å². The van der Waals surface area contributed by atoms with E-state index in [1.807, 2.05) is 30.3 Å². The SMILES string of the molecule is Fc1cc(Cl)c(OCc2ccccc2)c(Cl)c1. The maximum Gasteiger partial charge on any atom is 0.157 e. The summed E-state index contributed by atoms with van der Waals surface area (Å²) >= 11 is 11.7. The number of halogens is 3. The van der Waals surface area contributed by atoms with E-state index < -0.39 is 5.82 Å². The maximum atomic E-state index is 12.9. The van der Waals surface area contributed by atoms with Crippen LogP contribution >= 0.6 is 23.2 Å². The Bertz CT molecular complexity index is 491. The Hall–Kier alpha value is -1.25. The van der Waals surface area contributed by atoms with Crippen LogP contribution in [0.15, 0.2) is 42.5 Å². The average molecular weight is 271 g/mol. The molecule has 0 saturated heterocycles. The fourth-order valence-electron chi connectivity index (χ4n) is 1.40. The second kappa shape index (κ2) is 5.39. The molecule has 17 heavy (non-hydrogen) atoms. The Morgan fingerprint density at radius 1 is 1.00 bits per heavy atom. The second-order valence-electron chi connectivity index (χ2n) is 3.47. The summed E-state index contributed by atoms with van der Waals surface area (Å²) in [5.41, 5.74) is 0.990. The lowest BCUT2D eigenvalue weighted by molar-refractivity contribution is 0.306. The molecule has 0 atom stereocenters. The Kier molecular flexibility index (Phi) is 3.87. The lowest BCUT2D eigenvalue weighted by atomic mass is 10.2. The van der Waals surface area contributed by atoms with Crippen LogP contribution in [0, 0.1) is 5.82 Å². The summed E-state index contributed by atoms with van der Waals surface area (Å²) in [5, 5.41) is 0.344. The van der Waals surface area contributed by atoms with Crippen molar-refractivity contribution in [1.82, 2.24) is 0 Å². The van der Waals surface area contributed by atoms with Crippen LogP contribution in [0.1, 0.15) is 5.56 Å². The van der Waals surface area contributed by atoms with Crippen molar-refractivity contribution in [2.75, 3.05) is 0 Å². The molecule has 4 heteroatoms. The van der Waals surface area contributed by atoms with Gasteiger partial charge in [-0.2, -0.15) is 0 Å². The van der Waals surface area contributed by atoms with E-state index in [9.17, 15) is 4.39 Å². The van der Waals surface area contributed by atoms with Gasteiger partial charge >= 0.3 is 0 Å². The molecule has 2 aromatic rings. The summed E-state index contributed by atoms with van der Waals surface area (Å²) < 4.78 is 18.4. The minimum atomic E-state index is -0.480. The van der Waals surface area contributed by atoms with Gasteiger partial charge < -0.3 is 4.74 Å². The summed E-state index contributed by atoms with van der Waals surface area (Å²) in [7, 11) is 0. The molecule has 1 nitrogen and oxygen atoms in total. The number of hydrogen-bond donors (Lipinski definition) is 0. The standard InChI is InChI=1S/C13H9Cl2FO/c14-11-6-10(16)7-12(15)13(11)17-8-9-4-2-1-3-5-9/h1-7H,8H2. The first-order valence-electron chi connectivity index (χ1n) is 4.98. The van der Waals surface area contributed by atoms with Gasteiger partial charge in [0, 0.05) is 0 Å². The van der Waals surface area contributed by atoms with Gasteiger partial charge in [-0.1, -0.05) is 53.5 Å². The smallest absolute Gasteiger partial charge is 0.157 e. The van der Waals surface area contributed by atoms with E-state index in [1.165, 1.54) is 12.1 Å². The Balaban J connectivity index is 2.15. The summed E-state index contributed by atoms with van der Waals surface area (Å²) in [4.78, 5) is 0. The lowest BCUT2D eigenvalue weighted by Gasteiger charge is -2.09. The molecule has 0 spiro atoms. The molecule has 0 amide bonds. The monoisotopic (exact) mass is 270 g/mol. The van der Waals surface area contributed by atoms with Crippen molar-refractivity contribution in [3.8, 4) is 5.75 Å². The van der Waals surface area contributed by atoms with E-state index in [4.69, 9.17) is 27.9 Å². The van der Waals surface area contributed by atoms with Gasteiger partial charge in [0.25, 0.3) is 0 Å². The van der Waals surface area contributed by atoms with Crippen LogP contribution in [0.3, 0.4) is 0 Å². The molecule has 0 aliphatic heterocycles. The van der Waals surface area contributed by atoms with Crippen molar-refractivity contribution >= 4 is 23.2 Å². The molecule has 0 saturated carbocycles. The lowest BCUT2D eigenvalue weighted by Crippen LogP contribution is -1.96. The van der Waals surface area contributed by atoms with Crippen molar-refractivity contribution in [3.63, 3.8) is 0 Å². The highest BCUT2D eigenvalue weighted by Crippen LogP contribution is 2.34. The molecule has 0 bridgehead atoms. The molecule has 0 heterocycles. The van der Waals surface area contributed by atoms with E-state index in [-0.39, 0.29) is 10.0 Å². The maximum absolute atomic E-state index is 12.9. The average Bonchev–Trinajstić information content (AvgIpc) is 2.29. The molecule has 0 fully saturated rings.